The van der Waals surface area contributed by atoms with E-state index in [4.69, 9.17) is 12.2 Å². The summed E-state index contributed by atoms with van der Waals surface area (Å²) in [6.07, 6.45) is 7.78. The Hall–Kier alpha value is -0.870. The van der Waals surface area contributed by atoms with E-state index in [1.54, 1.807) is 5.37 Å². The molecule has 0 spiro atoms. The predicted molar refractivity (Wildman–Crippen MR) is 82.8 cm³/mol. The van der Waals surface area contributed by atoms with Crippen LogP contribution in [-0.4, -0.2) is 39.4 Å². The summed E-state index contributed by atoms with van der Waals surface area (Å²) in [7, 11) is 0. The van der Waals surface area contributed by atoms with Crippen molar-refractivity contribution < 1.29 is 0 Å². The molecule has 0 aliphatic heterocycles. The summed E-state index contributed by atoms with van der Waals surface area (Å²) in [6, 6.07) is 0.661. The van der Waals surface area contributed by atoms with Crippen molar-refractivity contribution in [2.45, 2.75) is 52.0 Å². The van der Waals surface area contributed by atoms with Crippen LogP contribution < -0.4 is 0 Å². The maximum Gasteiger partial charge on any atom is 0.162 e. The summed E-state index contributed by atoms with van der Waals surface area (Å²) in [5.41, 5.74) is 2.52. The second-order valence-electron chi connectivity index (χ2n) is 5.25. The Labute approximate surface area is 121 Å². The lowest BCUT2D eigenvalue weighted by molar-refractivity contribution is 0.179. The number of hydrogen-bond donors (Lipinski definition) is 0. The molecule has 1 aromatic heterocycles. The fourth-order valence-corrected chi connectivity index (χ4v) is 3.04. The molecule has 4 heteroatoms. The van der Waals surface area contributed by atoms with Crippen LogP contribution in [0.5, 0.6) is 0 Å². The lowest BCUT2D eigenvalue weighted by Crippen LogP contribution is -2.40. The lowest BCUT2D eigenvalue weighted by Gasteiger charge is -2.34. The van der Waals surface area contributed by atoms with Crippen LogP contribution in [0.3, 0.4) is 0 Å². The molecule has 0 fully saturated rings. The number of nitrogens with zero attached hydrogens (tertiary/aromatic N) is 3. The van der Waals surface area contributed by atoms with Gasteiger partial charge in [0, 0.05) is 23.3 Å². The fraction of sp³-hybridized carbons (Fsp3) is 0.667. The summed E-state index contributed by atoms with van der Waals surface area (Å²) in [5.74, 6) is 0.686. The molecule has 1 unspecified atom stereocenters. The Kier molecular flexibility index (Phi) is 5.40. The van der Waals surface area contributed by atoms with Gasteiger partial charge in [0.2, 0.25) is 0 Å². The molecule has 0 amide bonds. The van der Waals surface area contributed by atoms with E-state index in [1.165, 1.54) is 43.6 Å². The number of hydrogen-bond acceptors (Lipinski definition) is 4. The van der Waals surface area contributed by atoms with Crippen molar-refractivity contribution in [3.05, 3.63) is 23.3 Å². The molecule has 1 aliphatic carbocycles. The van der Waals surface area contributed by atoms with Crippen molar-refractivity contribution in [1.29, 1.82) is 0 Å². The normalized spacial score (nSPS) is 18.4. The maximum absolute atomic E-state index is 4.90. The molecule has 3 nitrogen and oxygen atoms in total. The Morgan fingerprint density at radius 3 is 2.74 bits per heavy atom. The van der Waals surface area contributed by atoms with Gasteiger partial charge in [0.1, 0.15) is 0 Å². The average molecular weight is 277 g/mol. The van der Waals surface area contributed by atoms with Crippen molar-refractivity contribution in [3.8, 4) is 0 Å². The van der Waals surface area contributed by atoms with Crippen molar-refractivity contribution in [1.82, 2.24) is 14.9 Å². The summed E-state index contributed by atoms with van der Waals surface area (Å²) in [5, 5.41) is 1.56. The van der Waals surface area contributed by atoms with Crippen molar-refractivity contribution >= 4 is 17.6 Å². The topological polar surface area (TPSA) is 29.0 Å². The first kappa shape index (κ1) is 14.5. The van der Waals surface area contributed by atoms with E-state index >= 15 is 0 Å². The van der Waals surface area contributed by atoms with Gasteiger partial charge in [0.15, 0.2) is 5.82 Å². The quantitative estimate of drug-likeness (QED) is 0.748. The van der Waals surface area contributed by atoms with Crippen molar-refractivity contribution in [3.63, 3.8) is 0 Å². The zero-order valence-electron chi connectivity index (χ0n) is 11.9. The van der Waals surface area contributed by atoms with Crippen LogP contribution in [-0.2, 0) is 12.8 Å². The Bertz CT molecular complexity index is 427. The highest BCUT2D eigenvalue weighted by Gasteiger charge is 2.24. The largest absolute Gasteiger partial charge is 0.300 e. The van der Waals surface area contributed by atoms with Gasteiger partial charge in [0.05, 0.1) is 0 Å². The fourth-order valence-electron chi connectivity index (χ4n) is 2.92. The van der Waals surface area contributed by atoms with Gasteiger partial charge in [-0.1, -0.05) is 26.1 Å². The molecule has 2 rings (SSSR count). The molecule has 19 heavy (non-hydrogen) atoms. The number of fused-ring (bicyclic) bond motifs is 1. The minimum Gasteiger partial charge on any atom is -0.300 e. The molecule has 0 aromatic carbocycles. The van der Waals surface area contributed by atoms with E-state index in [0.717, 1.165) is 12.8 Å². The van der Waals surface area contributed by atoms with Gasteiger partial charge in [-0.2, -0.15) is 0 Å². The van der Waals surface area contributed by atoms with Crippen molar-refractivity contribution in [2.24, 2.45) is 0 Å². The Morgan fingerprint density at radius 1 is 1.37 bits per heavy atom. The molecular weight excluding hydrogens is 254 g/mol. The molecule has 0 radical (unpaired) electrons. The molecule has 1 heterocycles. The summed E-state index contributed by atoms with van der Waals surface area (Å²) in [6.45, 7) is 6.92. The van der Waals surface area contributed by atoms with Crippen LogP contribution in [0.25, 0.3) is 0 Å². The Morgan fingerprint density at radius 2 is 2.11 bits per heavy atom. The number of aryl methyl sites for hydroxylation is 1. The number of rotatable bonds is 6. The first-order valence-corrected chi connectivity index (χ1v) is 7.79. The lowest BCUT2D eigenvalue weighted by atomic mass is 9.91. The van der Waals surface area contributed by atoms with E-state index in [2.05, 4.69) is 28.7 Å². The molecule has 0 saturated heterocycles. The molecule has 104 valence electrons. The third-order valence-corrected chi connectivity index (χ3v) is 4.00. The molecular formula is C15H23N3S. The smallest absolute Gasteiger partial charge is 0.162 e. The standard InChI is InChI=1S/C15H23N3S/c1-3-7-18(8-4-2)13-5-6-14-12(9-13)10-16-15(11-19)17-14/h10-11,13H,3-9H2,1-2H3. The van der Waals surface area contributed by atoms with Crippen molar-refractivity contribution in [2.75, 3.05) is 13.1 Å². The molecule has 1 aliphatic rings. The summed E-state index contributed by atoms with van der Waals surface area (Å²) in [4.78, 5) is 11.5. The van der Waals surface area contributed by atoms with Crippen LogP contribution in [0.4, 0.5) is 0 Å². The van der Waals surface area contributed by atoms with Crippen LogP contribution in [0.2, 0.25) is 0 Å². The summed E-state index contributed by atoms with van der Waals surface area (Å²) >= 11 is 4.90. The van der Waals surface area contributed by atoms with E-state index in [-0.39, 0.29) is 0 Å². The van der Waals surface area contributed by atoms with Gasteiger partial charge in [-0.05, 0) is 50.8 Å². The number of thiocarbonyl (C=S) groups is 1. The molecule has 0 bridgehead atoms. The third kappa shape index (κ3) is 3.57. The highest BCUT2D eigenvalue weighted by Crippen LogP contribution is 2.23. The van der Waals surface area contributed by atoms with Gasteiger partial charge in [-0.25, -0.2) is 9.97 Å². The van der Waals surface area contributed by atoms with Crippen LogP contribution in [0.1, 0.15) is 50.2 Å². The highest BCUT2D eigenvalue weighted by molar-refractivity contribution is 7.79. The van der Waals surface area contributed by atoms with E-state index in [9.17, 15) is 0 Å². The van der Waals surface area contributed by atoms with Gasteiger partial charge >= 0.3 is 0 Å². The minimum atomic E-state index is 0.661. The van der Waals surface area contributed by atoms with Gasteiger partial charge < -0.3 is 4.90 Å². The zero-order chi connectivity index (χ0) is 13.7. The first-order chi connectivity index (χ1) is 9.28. The molecule has 1 atom stereocenters. The zero-order valence-corrected chi connectivity index (χ0v) is 12.7. The SMILES string of the molecule is CCCN(CCC)C1CCc2nc(C=S)ncc2C1. The molecule has 0 saturated carbocycles. The summed E-state index contributed by atoms with van der Waals surface area (Å²) < 4.78 is 0. The average Bonchev–Trinajstić information content (AvgIpc) is 2.46. The molecule has 0 N–H and O–H groups in total. The Balaban J connectivity index is 2.10. The van der Waals surface area contributed by atoms with Crippen LogP contribution >= 0.6 is 12.2 Å². The van der Waals surface area contributed by atoms with Crippen LogP contribution in [0, 0.1) is 0 Å². The first-order valence-electron chi connectivity index (χ1n) is 7.32. The maximum atomic E-state index is 4.90. The van der Waals surface area contributed by atoms with Crippen LogP contribution in [0.15, 0.2) is 6.20 Å². The monoisotopic (exact) mass is 277 g/mol. The number of aromatic nitrogens is 2. The van der Waals surface area contributed by atoms with E-state index in [0.29, 0.717) is 11.9 Å². The minimum absolute atomic E-state index is 0.661. The van der Waals surface area contributed by atoms with Gasteiger partial charge in [0.25, 0.3) is 0 Å². The van der Waals surface area contributed by atoms with E-state index < -0.39 is 0 Å². The van der Waals surface area contributed by atoms with Gasteiger partial charge in [-0.15, -0.1) is 0 Å². The van der Waals surface area contributed by atoms with E-state index in [1.807, 2.05) is 6.20 Å². The third-order valence-electron chi connectivity index (χ3n) is 3.79. The van der Waals surface area contributed by atoms with Gasteiger partial charge in [-0.3, -0.25) is 0 Å². The second kappa shape index (κ2) is 7.06. The highest BCUT2D eigenvalue weighted by atomic mass is 32.1. The second-order valence-corrected chi connectivity index (χ2v) is 5.49. The predicted octanol–water partition coefficient (Wildman–Crippen LogP) is 2.80. The molecule has 1 aromatic rings.